The molecule has 4 nitrogen and oxygen atoms in total. The van der Waals surface area contributed by atoms with Gasteiger partial charge in [0.2, 0.25) is 0 Å². The van der Waals surface area contributed by atoms with Gasteiger partial charge in [0.15, 0.2) is 6.61 Å². The number of rotatable bonds is 5. The number of aliphatic hydroxyl groups is 1. The summed E-state index contributed by atoms with van der Waals surface area (Å²) in [7, 11) is 0. The third kappa shape index (κ3) is 4.06. The molecule has 5 heteroatoms. The van der Waals surface area contributed by atoms with E-state index in [-0.39, 0.29) is 36.9 Å². The molecule has 0 unspecified atom stereocenters. The zero-order valence-electron chi connectivity index (χ0n) is 10.4. The largest absolute Gasteiger partial charge is 0.484 e. The fraction of sp³-hybridized carbons (Fsp3) is 0.357. The Labute approximate surface area is 110 Å². The first-order valence-corrected chi connectivity index (χ1v) is 6.14. The highest BCUT2D eigenvalue weighted by atomic mass is 19.1. The first-order chi connectivity index (χ1) is 9.17. The monoisotopic (exact) mass is 265 g/mol. The Bertz CT molecular complexity index is 458. The molecule has 0 fully saturated rings. The minimum atomic E-state index is -0.345. The Hall–Kier alpha value is -1.88. The van der Waals surface area contributed by atoms with E-state index in [1.54, 1.807) is 0 Å². The third-order valence-electron chi connectivity index (χ3n) is 2.94. The van der Waals surface area contributed by atoms with E-state index in [0.29, 0.717) is 12.2 Å². The number of carbonyl (C=O) groups is 1. The number of hydrogen-bond donors (Lipinski definition) is 2. The number of ether oxygens (including phenoxy) is 1. The summed E-state index contributed by atoms with van der Waals surface area (Å²) in [6.07, 6.45) is 4.47. The molecule has 0 saturated heterocycles. The molecule has 1 aliphatic carbocycles. The SMILES string of the molecule is O=C(COc1ccc(F)cc1)N[C@@H]1C=C[C@H](CO)C1. The van der Waals surface area contributed by atoms with Gasteiger partial charge >= 0.3 is 0 Å². The van der Waals surface area contributed by atoms with Crippen molar-refractivity contribution in [3.8, 4) is 5.75 Å². The number of halogens is 1. The van der Waals surface area contributed by atoms with Gasteiger partial charge in [-0.3, -0.25) is 4.79 Å². The average Bonchev–Trinajstić information content (AvgIpc) is 2.86. The topological polar surface area (TPSA) is 58.6 Å². The Balaban J connectivity index is 1.73. The number of aliphatic hydroxyl groups excluding tert-OH is 1. The standard InChI is InChI=1S/C14H16FNO3/c15-11-2-5-13(6-3-11)19-9-14(18)16-12-4-1-10(7-12)8-17/h1-6,10,12,17H,7-9H2,(H,16,18)/t10-,12+/m0/s1. The van der Waals surface area contributed by atoms with Crippen LogP contribution in [0.4, 0.5) is 4.39 Å². The van der Waals surface area contributed by atoms with Gasteiger partial charge in [0.1, 0.15) is 11.6 Å². The van der Waals surface area contributed by atoms with Crippen LogP contribution in [0.2, 0.25) is 0 Å². The van der Waals surface area contributed by atoms with Gasteiger partial charge in [-0.15, -0.1) is 0 Å². The van der Waals surface area contributed by atoms with Gasteiger partial charge in [0.05, 0.1) is 0 Å². The fourth-order valence-corrected chi connectivity index (χ4v) is 1.95. The van der Waals surface area contributed by atoms with E-state index in [1.165, 1.54) is 24.3 Å². The van der Waals surface area contributed by atoms with Crippen LogP contribution in [0.25, 0.3) is 0 Å². The highest BCUT2D eigenvalue weighted by Crippen LogP contribution is 2.17. The number of amides is 1. The van der Waals surface area contributed by atoms with Crippen molar-refractivity contribution in [3.05, 3.63) is 42.2 Å². The minimum Gasteiger partial charge on any atom is -0.484 e. The van der Waals surface area contributed by atoms with Crippen molar-refractivity contribution in [3.63, 3.8) is 0 Å². The summed E-state index contributed by atoms with van der Waals surface area (Å²) >= 11 is 0. The van der Waals surface area contributed by atoms with Crippen molar-refractivity contribution < 1.29 is 19.0 Å². The number of nitrogens with one attached hydrogen (secondary N) is 1. The molecule has 2 atom stereocenters. The van der Waals surface area contributed by atoms with Gasteiger partial charge in [0.25, 0.3) is 5.91 Å². The molecule has 19 heavy (non-hydrogen) atoms. The zero-order valence-corrected chi connectivity index (χ0v) is 10.4. The van der Waals surface area contributed by atoms with Gasteiger partial charge in [-0.2, -0.15) is 0 Å². The van der Waals surface area contributed by atoms with Gasteiger partial charge in [0, 0.05) is 18.6 Å². The number of hydrogen-bond acceptors (Lipinski definition) is 3. The Kier molecular flexibility index (Phi) is 4.52. The lowest BCUT2D eigenvalue weighted by molar-refractivity contribution is -0.123. The summed E-state index contributed by atoms with van der Waals surface area (Å²) < 4.78 is 17.9. The summed E-state index contributed by atoms with van der Waals surface area (Å²) in [6, 6.07) is 5.44. The molecule has 1 amide bonds. The van der Waals surface area contributed by atoms with E-state index < -0.39 is 0 Å². The second kappa shape index (κ2) is 6.33. The molecule has 1 aromatic rings. The molecule has 0 aliphatic heterocycles. The predicted octanol–water partition coefficient (Wildman–Crippen LogP) is 1.26. The average molecular weight is 265 g/mol. The van der Waals surface area contributed by atoms with E-state index in [1.807, 2.05) is 12.2 Å². The normalized spacial score (nSPS) is 21.4. The van der Waals surface area contributed by atoms with Crippen molar-refractivity contribution in [1.82, 2.24) is 5.32 Å². The highest BCUT2D eigenvalue weighted by Gasteiger charge is 2.19. The Morgan fingerprint density at radius 3 is 2.74 bits per heavy atom. The zero-order chi connectivity index (χ0) is 13.7. The van der Waals surface area contributed by atoms with Crippen LogP contribution in [-0.4, -0.2) is 30.3 Å². The molecule has 2 rings (SSSR count). The molecular weight excluding hydrogens is 249 g/mol. The lowest BCUT2D eigenvalue weighted by Gasteiger charge is -2.13. The summed E-state index contributed by atoms with van der Waals surface area (Å²) in [4.78, 5) is 11.6. The van der Waals surface area contributed by atoms with E-state index in [0.717, 1.165) is 0 Å². The van der Waals surface area contributed by atoms with Crippen molar-refractivity contribution in [2.24, 2.45) is 5.92 Å². The Morgan fingerprint density at radius 1 is 1.37 bits per heavy atom. The molecule has 0 spiro atoms. The van der Waals surface area contributed by atoms with Gasteiger partial charge in [-0.25, -0.2) is 4.39 Å². The van der Waals surface area contributed by atoms with Gasteiger partial charge in [-0.05, 0) is 30.7 Å². The molecule has 2 N–H and O–H groups in total. The van der Waals surface area contributed by atoms with E-state index >= 15 is 0 Å². The van der Waals surface area contributed by atoms with Crippen molar-refractivity contribution in [2.45, 2.75) is 12.5 Å². The third-order valence-corrected chi connectivity index (χ3v) is 2.94. The predicted molar refractivity (Wildman–Crippen MR) is 68.2 cm³/mol. The first kappa shape index (κ1) is 13.5. The van der Waals surface area contributed by atoms with Crippen LogP contribution in [0, 0.1) is 11.7 Å². The summed E-state index contributed by atoms with van der Waals surface area (Å²) in [5.74, 6) is -0.0180. The number of carbonyl (C=O) groups excluding carboxylic acids is 1. The fourth-order valence-electron chi connectivity index (χ4n) is 1.95. The maximum atomic E-state index is 12.7. The van der Waals surface area contributed by atoms with Crippen molar-refractivity contribution >= 4 is 5.91 Å². The van der Waals surface area contributed by atoms with Crippen molar-refractivity contribution in [2.75, 3.05) is 13.2 Å². The molecule has 0 saturated carbocycles. The van der Waals surface area contributed by atoms with E-state index in [2.05, 4.69) is 5.32 Å². The molecular formula is C14H16FNO3. The molecule has 0 bridgehead atoms. The molecule has 1 aliphatic rings. The number of benzene rings is 1. The molecule has 0 aromatic heterocycles. The van der Waals surface area contributed by atoms with Gasteiger partial charge < -0.3 is 15.2 Å². The second-order valence-corrected chi connectivity index (χ2v) is 4.48. The first-order valence-electron chi connectivity index (χ1n) is 6.14. The van der Waals surface area contributed by atoms with Crippen LogP contribution >= 0.6 is 0 Å². The minimum absolute atomic E-state index is 0.0542. The summed E-state index contributed by atoms with van der Waals surface area (Å²) in [6.45, 7) is -0.0191. The van der Waals surface area contributed by atoms with Crippen LogP contribution < -0.4 is 10.1 Å². The lowest BCUT2D eigenvalue weighted by Crippen LogP contribution is -2.36. The Morgan fingerprint density at radius 2 is 2.11 bits per heavy atom. The lowest BCUT2D eigenvalue weighted by atomic mass is 10.1. The summed E-state index contributed by atoms with van der Waals surface area (Å²) in [5, 5.41) is 11.8. The smallest absolute Gasteiger partial charge is 0.258 e. The van der Waals surface area contributed by atoms with E-state index in [4.69, 9.17) is 9.84 Å². The van der Waals surface area contributed by atoms with Crippen LogP contribution in [0.1, 0.15) is 6.42 Å². The highest BCUT2D eigenvalue weighted by molar-refractivity contribution is 5.78. The molecule has 1 aromatic carbocycles. The molecule has 0 radical (unpaired) electrons. The van der Waals surface area contributed by atoms with Crippen LogP contribution in [0.3, 0.4) is 0 Å². The summed E-state index contributed by atoms with van der Waals surface area (Å²) in [5.41, 5.74) is 0. The van der Waals surface area contributed by atoms with E-state index in [9.17, 15) is 9.18 Å². The molecule has 0 heterocycles. The van der Waals surface area contributed by atoms with Crippen LogP contribution in [0.5, 0.6) is 5.75 Å². The van der Waals surface area contributed by atoms with Crippen LogP contribution in [0.15, 0.2) is 36.4 Å². The van der Waals surface area contributed by atoms with Crippen molar-refractivity contribution in [1.29, 1.82) is 0 Å². The van der Waals surface area contributed by atoms with Gasteiger partial charge in [-0.1, -0.05) is 12.2 Å². The maximum absolute atomic E-state index is 12.7. The van der Waals surface area contributed by atoms with Crippen LogP contribution in [-0.2, 0) is 4.79 Å². The maximum Gasteiger partial charge on any atom is 0.258 e. The quantitative estimate of drug-likeness (QED) is 0.788. The molecule has 102 valence electrons. The second-order valence-electron chi connectivity index (χ2n) is 4.48.